The molecule has 1 amide bonds. The molecule has 3 aromatic carbocycles. The second kappa shape index (κ2) is 10.6. The summed E-state index contributed by atoms with van der Waals surface area (Å²) in [6, 6.07) is 18.8. The minimum absolute atomic E-state index is 0.0716. The van der Waals surface area contributed by atoms with E-state index in [0.717, 1.165) is 0 Å². The lowest BCUT2D eigenvalue weighted by molar-refractivity contribution is -0.134. The van der Waals surface area contributed by atoms with E-state index in [4.69, 9.17) is 0 Å². The van der Waals surface area contributed by atoms with Crippen LogP contribution >= 0.6 is 0 Å². The molecule has 1 aliphatic rings. The second-order valence-electron chi connectivity index (χ2n) is 8.01. The molecule has 0 radical (unpaired) electrons. The lowest BCUT2D eigenvalue weighted by Gasteiger charge is -2.18. The van der Waals surface area contributed by atoms with E-state index in [2.05, 4.69) is 15.4 Å². The predicted molar refractivity (Wildman–Crippen MR) is 134 cm³/mol. The van der Waals surface area contributed by atoms with Crippen LogP contribution in [0.4, 0.5) is 11.4 Å². The fourth-order valence-electron chi connectivity index (χ4n) is 3.72. The average Bonchev–Trinajstić information content (AvgIpc) is 2.91. The van der Waals surface area contributed by atoms with E-state index in [1.165, 1.54) is 37.5 Å². The highest BCUT2D eigenvalue weighted by Gasteiger charge is 2.25. The minimum atomic E-state index is -1.04. The summed E-state index contributed by atoms with van der Waals surface area (Å²) < 4.78 is 4.66. The zero-order chi connectivity index (χ0) is 26.5. The second-order valence-corrected chi connectivity index (χ2v) is 8.01. The number of carbonyl (C=O) groups excluding carboxylic acids is 6. The van der Waals surface area contributed by atoms with E-state index in [0.29, 0.717) is 22.5 Å². The first kappa shape index (κ1) is 24.9. The maximum atomic E-state index is 12.6. The number of fused-ring (bicyclic) bond motifs is 1. The molecule has 0 bridgehead atoms. The number of amides is 1. The van der Waals surface area contributed by atoms with Crippen LogP contribution in [0.25, 0.3) is 5.70 Å². The van der Waals surface area contributed by atoms with Crippen molar-refractivity contribution in [2.75, 3.05) is 17.7 Å². The Morgan fingerprint density at radius 2 is 1.46 bits per heavy atom. The number of anilines is 2. The number of hydrogen-bond donors (Lipinski definition) is 2. The van der Waals surface area contributed by atoms with Crippen molar-refractivity contribution in [1.29, 1.82) is 0 Å². The molecule has 1 aliphatic carbocycles. The summed E-state index contributed by atoms with van der Waals surface area (Å²) in [5, 5.41) is 5.41. The molecule has 37 heavy (non-hydrogen) atoms. The molecular formula is C28H20N2O7. The zero-order valence-electron chi connectivity index (χ0n) is 19.6. The van der Waals surface area contributed by atoms with Gasteiger partial charge in [-0.1, -0.05) is 36.4 Å². The maximum Gasteiger partial charge on any atom is 0.339 e. The van der Waals surface area contributed by atoms with Gasteiger partial charge in [-0.3, -0.25) is 24.0 Å². The topological polar surface area (TPSA) is 136 Å². The number of ether oxygens (including phenoxy) is 1. The van der Waals surface area contributed by atoms with Gasteiger partial charge in [-0.15, -0.1) is 0 Å². The standard InChI is InChI=1S/C28H20N2O7/c1-37-28(36)20-8-4-5-9-21(20)30-27(35)25(33)15-23(31)16-10-12-17(13-11-16)29-22-14-24(32)26(34)19-7-3-2-6-18(19)22/h2-14,29H,15H2,1H3,(H,30,35). The quantitative estimate of drug-likeness (QED) is 0.209. The van der Waals surface area contributed by atoms with Crippen molar-refractivity contribution in [2.45, 2.75) is 6.42 Å². The molecule has 3 aromatic rings. The zero-order valence-corrected chi connectivity index (χ0v) is 19.6. The van der Waals surface area contributed by atoms with Gasteiger partial charge in [-0.2, -0.15) is 0 Å². The Kier molecular flexibility index (Phi) is 7.15. The Morgan fingerprint density at radius 1 is 0.811 bits per heavy atom. The number of hydrogen-bond acceptors (Lipinski definition) is 8. The van der Waals surface area contributed by atoms with Crippen molar-refractivity contribution in [1.82, 2.24) is 0 Å². The smallest absolute Gasteiger partial charge is 0.339 e. The molecule has 0 atom stereocenters. The highest BCUT2D eigenvalue weighted by atomic mass is 16.5. The highest BCUT2D eigenvalue weighted by molar-refractivity contribution is 6.50. The van der Waals surface area contributed by atoms with E-state index in [9.17, 15) is 28.8 Å². The monoisotopic (exact) mass is 496 g/mol. The van der Waals surface area contributed by atoms with Crippen molar-refractivity contribution in [3.63, 3.8) is 0 Å². The number of para-hydroxylation sites is 1. The number of rotatable bonds is 8. The van der Waals surface area contributed by atoms with Crippen LogP contribution in [-0.2, 0) is 19.1 Å². The number of nitrogens with one attached hydrogen (secondary N) is 2. The number of allylic oxidation sites excluding steroid dienone is 1. The van der Waals surface area contributed by atoms with Crippen LogP contribution in [0.5, 0.6) is 0 Å². The molecule has 0 aromatic heterocycles. The van der Waals surface area contributed by atoms with E-state index in [1.54, 1.807) is 48.5 Å². The van der Waals surface area contributed by atoms with Gasteiger partial charge in [0.25, 0.3) is 5.91 Å². The predicted octanol–water partition coefficient (Wildman–Crippen LogP) is 3.47. The van der Waals surface area contributed by atoms with Crippen molar-refractivity contribution in [2.24, 2.45) is 0 Å². The van der Waals surface area contributed by atoms with Crippen molar-refractivity contribution in [3.8, 4) is 0 Å². The Labute approximate surface area is 211 Å². The van der Waals surface area contributed by atoms with Gasteiger partial charge in [0.2, 0.25) is 17.3 Å². The van der Waals surface area contributed by atoms with E-state index in [-0.39, 0.29) is 16.8 Å². The molecular weight excluding hydrogens is 476 g/mol. The lowest BCUT2D eigenvalue weighted by Crippen LogP contribution is -2.26. The summed E-state index contributed by atoms with van der Waals surface area (Å²) in [6.45, 7) is 0. The summed E-state index contributed by atoms with van der Waals surface area (Å²) in [5.74, 6) is -4.49. The molecule has 0 heterocycles. The summed E-state index contributed by atoms with van der Waals surface area (Å²) in [7, 11) is 1.19. The van der Waals surface area contributed by atoms with Crippen LogP contribution in [-0.4, -0.2) is 42.1 Å². The molecule has 0 spiro atoms. The van der Waals surface area contributed by atoms with Crippen LogP contribution in [0.3, 0.4) is 0 Å². The van der Waals surface area contributed by atoms with Crippen LogP contribution in [0.1, 0.15) is 43.1 Å². The lowest BCUT2D eigenvalue weighted by atomic mass is 9.92. The Hall–Kier alpha value is -5.18. The Bertz CT molecular complexity index is 1490. The number of carbonyl (C=O) groups is 6. The number of Topliss-reactive ketones (excluding diaryl/α,β-unsaturated/α-hetero) is 3. The molecule has 0 unspecified atom stereocenters. The van der Waals surface area contributed by atoms with E-state index < -0.39 is 41.4 Å². The van der Waals surface area contributed by atoms with Gasteiger partial charge in [0, 0.05) is 28.5 Å². The van der Waals surface area contributed by atoms with Crippen molar-refractivity contribution in [3.05, 3.63) is 101 Å². The number of methoxy groups -OCH3 is 1. The molecule has 4 rings (SSSR count). The van der Waals surface area contributed by atoms with E-state index in [1.807, 2.05) is 0 Å². The Morgan fingerprint density at radius 3 is 2.16 bits per heavy atom. The SMILES string of the molecule is COC(=O)c1ccccc1NC(=O)C(=O)CC(=O)c1ccc(NC2=CC(=O)C(=O)c3ccccc32)cc1. The van der Waals surface area contributed by atoms with Crippen molar-refractivity contribution >= 4 is 52.1 Å². The van der Waals surface area contributed by atoms with Gasteiger partial charge in [0.05, 0.1) is 30.5 Å². The fourth-order valence-corrected chi connectivity index (χ4v) is 3.72. The molecule has 184 valence electrons. The first-order valence-electron chi connectivity index (χ1n) is 11.1. The average molecular weight is 496 g/mol. The molecule has 9 heteroatoms. The molecule has 0 saturated carbocycles. The third-order valence-corrected chi connectivity index (χ3v) is 5.60. The number of esters is 1. The molecule has 0 saturated heterocycles. The minimum Gasteiger partial charge on any atom is -0.465 e. The fraction of sp³-hybridized carbons (Fsp3) is 0.0714. The number of benzene rings is 3. The molecule has 0 aliphatic heterocycles. The van der Waals surface area contributed by atoms with Gasteiger partial charge in [0.15, 0.2) is 5.78 Å². The molecule has 2 N–H and O–H groups in total. The maximum absolute atomic E-state index is 12.6. The summed E-state index contributed by atoms with van der Waals surface area (Å²) >= 11 is 0. The van der Waals surface area contributed by atoms with Crippen LogP contribution in [0.15, 0.2) is 78.9 Å². The largest absolute Gasteiger partial charge is 0.465 e. The first-order chi connectivity index (χ1) is 17.8. The third-order valence-electron chi connectivity index (χ3n) is 5.60. The first-order valence-corrected chi connectivity index (χ1v) is 11.1. The van der Waals surface area contributed by atoms with Crippen molar-refractivity contribution < 1.29 is 33.5 Å². The van der Waals surface area contributed by atoms with E-state index >= 15 is 0 Å². The summed E-state index contributed by atoms with van der Waals surface area (Å²) in [6.07, 6.45) is 0.549. The van der Waals surface area contributed by atoms with Gasteiger partial charge in [0.1, 0.15) is 0 Å². The van der Waals surface area contributed by atoms with Gasteiger partial charge < -0.3 is 15.4 Å². The summed E-state index contributed by atoms with van der Waals surface area (Å²) in [4.78, 5) is 73.3. The summed E-state index contributed by atoms with van der Waals surface area (Å²) in [5.41, 5.74) is 2.23. The molecule has 0 fully saturated rings. The third kappa shape index (κ3) is 5.40. The normalized spacial score (nSPS) is 12.2. The molecule has 9 nitrogen and oxygen atoms in total. The Balaban J connectivity index is 1.41. The highest BCUT2D eigenvalue weighted by Crippen LogP contribution is 2.26. The van der Waals surface area contributed by atoms with Crippen LogP contribution < -0.4 is 10.6 Å². The van der Waals surface area contributed by atoms with Crippen LogP contribution in [0.2, 0.25) is 0 Å². The van der Waals surface area contributed by atoms with Gasteiger partial charge >= 0.3 is 5.97 Å². The van der Waals surface area contributed by atoms with Gasteiger partial charge in [-0.05, 0) is 36.4 Å². The van der Waals surface area contributed by atoms with Crippen LogP contribution in [0, 0.1) is 0 Å². The number of ketones is 4. The van der Waals surface area contributed by atoms with Gasteiger partial charge in [-0.25, -0.2) is 4.79 Å².